The van der Waals surface area contributed by atoms with Crippen molar-refractivity contribution in [3.8, 4) is 0 Å². The van der Waals surface area contributed by atoms with Crippen molar-refractivity contribution < 1.29 is 13.2 Å². The van der Waals surface area contributed by atoms with Crippen LogP contribution in [0, 0.1) is 13.8 Å². The molecular weight excluding hydrogens is 298 g/mol. The first-order chi connectivity index (χ1) is 10.3. The van der Waals surface area contributed by atoms with Crippen LogP contribution in [0.1, 0.15) is 16.7 Å². The SMILES string of the molecule is Cc1ccc(C)c(NC(=O)Cc2ccc(S(C)(=O)=O)cc2)c1. The molecule has 2 rings (SSSR count). The standard InChI is InChI=1S/C17H19NO3S/c1-12-4-5-13(2)16(10-12)18-17(19)11-14-6-8-15(9-7-14)22(3,20)21/h4-10H,11H2,1-3H3,(H,18,19). The Morgan fingerprint density at radius 1 is 1.05 bits per heavy atom. The summed E-state index contributed by atoms with van der Waals surface area (Å²) in [7, 11) is -3.21. The molecule has 0 bridgehead atoms. The van der Waals surface area contributed by atoms with Gasteiger partial charge in [0.15, 0.2) is 9.84 Å². The second-order valence-electron chi connectivity index (χ2n) is 5.46. The molecule has 2 aromatic rings. The Labute approximate surface area is 131 Å². The number of hydrogen-bond acceptors (Lipinski definition) is 3. The first-order valence-electron chi connectivity index (χ1n) is 6.92. The minimum Gasteiger partial charge on any atom is -0.326 e. The molecule has 0 aromatic heterocycles. The summed E-state index contributed by atoms with van der Waals surface area (Å²) in [6, 6.07) is 12.3. The fourth-order valence-corrected chi connectivity index (χ4v) is 2.74. The van der Waals surface area contributed by atoms with Crippen molar-refractivity contribution in [1.82, 2.24) is 0 Å². The topological polar surface area (TPSA) is 63.2 Å². The third-order valence-corrected chi connectivity index (χ3v) is 4.51. The Bertz CT molecular complexity index is 793. The van der Waals surface area contributed by atoms with E-state index < -0.39 is 9.84 Å². The molecule has 0 saturated carbocycles. The molecule has 4 nitrogen and oxygen atoms in total. The molecule has 5 heteroatoms. The summed E-state index contributed by atoms with van der Waals surface area (Å²) in [5.41, 5.74) is 3.66. The van der Waals surface area contributed by atoms with E-state index in [1.807, 2.05) is 32.0 Å². The molecule has 0 unspecified atom stereocenters. The quantitative estimate of drug-likeness (QED) is 0.943. The van der Waals surface area contributed by atoms with Gasteiger partial charge in [-0.25, -0.2) is 8.42 Å². The van der Waals surface area contributed by atoms with E-state index in [4.69, 9.17) is 0 Å². The van der Waals surface area contributed by atoms with Crippen LogP contribution < -0.4 is 5.32 Å². The number of benzene rings is 2. The minimum atomic E-state index is -3.21. The molecule has 1 amide bonds. The van der Waals surface area contributed by atoms with Crippen LogP contribution in [0.4, 0.5) is 5.69 Å². The van der Waals surface area contributed by atoms with E-state index in [2.05, 4.69) is 5.32 Å². The normalized spacial score (nSPS) is 11.2. The monoisotopic (exact) mass is 317 g/mol. The first-order valence-corrected chi connectivity index (χ1v) is 8.81. The highest BCUT2D eigenvalue weighted by atomic mass is 32.2. The average molecular weight is 317 g/mol. The van der Waals surface area contributed by atoms with Crippen molar-refractivity contribution in [3.05, 3.63) is 59.2 Å². The average Bonchev–Trinajstić information content (AvgIpc) is 2.42. The molecule has 116 valence electrons. The number of hydrogen-bond donors (Lipinski definition) is 1. The summed E-state index contributed by atoms with van der Waals surface area (Å²) in [5.74, 6) is -0.124. The lowest BCUT2D eigenvalue weighted by Gasteiger charge is -2.09. The highest BCUT2D eigenvalue weighted by Gasteiger charge is 2.09. The van der Waals surface area contributed by atoms with Gasteiger partial charge < -0.3 is 5.32 Å². The van der Waals surface area contributed by atoms with Gasteiger partial charge in [0.2, 0.25) is 5.91 Å². The number of amides is 1. The molecule has 0 aliphatic carbocycles. The van der Waals surface area contributed by atoms with Crippen LogP contribution >= 0.6 is 0 Å². The molecule has 2 aromatic carbocycles. The number of aryl methyl sites for hydroxylation is 2. The van der Waals surface area contributed by atoms with E-state index in [0.29, 0.717) is 0 Å². The maximum absolute atomic E-state index is 12.1. The van der Waals surface area contributed by atoms with E-state index in [1.54, 1.807) is 12.1 Å². The zero-order valence-corrected chi connectivity index (χ0v) is 13.7. The zero-order chi connectivity index (χ0) is 16.3. The van der Waals surface area contributed by atoms with Gasteiger partial charge in [0.1, 0.15) is 0 Å². The van der Waals surface area contributed by atoms with E-state index in [1.165, 1.54) is 12.1 Å². The predicted molar refractivity (Wildman–Crippen MR) is 87.8 cm³/mol. The van der Waals surface area contributed by atoms with Crippen LogP contribution in [0.5, 0.6) is 0 Å². The molecule has 0 aliphatic heterocycles. The summed E-state index contributed by atoms with van der Waals surface area (Å²) in [6.07, 6.45) is 1.37. The molecule has 0 aliphatic rings. The second kappa shape index (κ2) is 6.32. The number of rotatable bonds is 4. The van der Waals surface area contributed by atoms with Gasteiger partial charge in [-0.1, -0.05) is 24.3 Å². The zero-order valence-electron chi connectivity index (χ0n) is 12.9. The van der Waals surface area contributed by atoms with Gasteiger partial charge in [-0.2, -0.15) is 0 Å². The lowest BCUT2D eigenvalue weighted by atomic mass is 10.1. The summed E-state index contributed by atoms with van der Waals surface area (Å²) < 4.78 is 22.8. The predicted octanol–water partition coefficient (Wildman–Crippen LogP) is 2.89. The number of anilines is 1. The maximum atomic E-state index is 12.1. The van der Waals surface area contributed by atoms with Crippen molar-refractivity contribution in [2.45, 2.75) is 25.2 Å². The fraction of sp³-hybridized carbons (Fsp3) is 0.235. The Balaban J connectivity index is 2.07. The Kier molecular flexibility index (Phi) is 4.66. The van der Waals surface area contributed by atoms with E-state index in [-0.39, 0.29) is 17.2 Å². The molecule has 0 fully saturated rings. The highest BCUT2D eigenvalue weighted by Crippen LogP contribution is 2.17. The lowest BCUT2D eigenvalue weighted by molar-refractivity contribution is -0.115. The number of carbonyl (C=O) groups is 1. The van der Waals surface area contributed by atoms with Gasteiger partial charge in [0.05, 0.1) is 11.3 Å². The van der Waals surface area contributed by atoms with E-state index in [9.17, 15) is 13.2 Å². The van der Waals surface area contributed by atoms with Gasteiger partial charge in [-0.05, 0) is 48.7 Å². The van der Waals surface area contributed by atoms with Crippen molar-refractivity contribution in [3.63, 3.8) is 0 Å². The van der Waals surface area contributed by atoms with Crippen molar-refractivity contribution in [2.75, 3.05) is 11.6 Å². The highest BCUT2D eigenvalue weighted by molar-refractivity contribution is 7.90. The van der Waals surface area contributed by atoms with Crippen LogP contribution in [0.2, 0.25) is 0 Å². The van der Waals surface area contributed by atoms with Crippen LogP contribution in [-0.4, -0.2) is 20.6 Å². The van der Waals surface area contributed by atoms with Crippen molar-refractivity contribution in [1.29, 1.82) is 0 Å². The third kappa shape index (κ3) is 4.18. The van der Waals surface area contributed by atoms with Crippen LogP contribution in [0.25, 0.3) is 0 Å². The molecular formula is C17H19NO3S. The van der Waals surface area contributed by atoms with Gasteiger partial charge >= 0.3 is 0 Å². The summed E-state index contributed by atoms with van der Waals surface area (Å²) in [4.78, 5) is 12.4. The van der Waals surface area contributed by atoms with Crippen molar-refractivity contribution >= 4 is 21.4 Å². The van der Waals surface area contributed by atoms with Gasteiger partial charge in [0, 0.05) is 11.9 Å². The van der Waals surface area contributed by atoms with E-state index in [0.717, 1.165) is 28.6 Å². The molecule has 0 spiro atoms. The Hall–Kier alpha value is -2.14. The van der Waals surface area contributed by atoms with Gasteiger partial charge in [-0.15, -0.1) is 0 Å². The third-order valence-electron chi connectivity index (χ3n) is 3.38. The summed E-state index contributed by atoms with van der Waals surface area (Å²) in [5, 5.41) is 2.89. The fourth-order valence-electron chi connectivity index (χ4n) is 2.10. The van der Waals surface area contributed by atoms with Crippen molar-refractivity contribution in [2.24, 2.45) is 0 Å². The molecule has 22 heavy (non-hydrogen) atoms. The van der Waals surface area contributed by atoms with Crippen LogP contribution in [-0.2, 0) is 21.1 Å². The molecule has 0 heterocycles. The Morgan fingerprint density at radius 2 is 1.68 bits per heavy atom. The largest absolute Gasteiger partial charge is 0.326 e. The first kappa shape index (κ1) is 16.2. The minimum absolute atomic E-state index is 0.124. The number of sulfone groups is 1. The lowest BCUT2D eigenvalue weighted by Crippen LogP contribution is -2.15. The number of carbonyl (C=O) groups excluding carboxylic acids is 1. The smallest absolute Gasteiger partial charge is 0.228 e. The molecule has 1 N–H and O–H groups in total. The molecule has 0 atom stereocenters. The van der Waals surface area contributed by atoms with Crippen LogP contribution in [0.3, 0.4) is 0 Å². The van der Waals surface area contributed by atoms with Gasteiger partial charge in [-0.3, -0.25) is 4.79 Å². The Morgan fingerprint density at radius 3 is 2.27 bits per heavy atom. The summed E-state index contributed by atoms with van der Waals surface area (Å²) in [6.45, 7) is 3.91. The second-order valence-corrected chi connectivity index (χ2v) is 7.48. The maximum Gasteiger partial charge on any atom is 0.228 e. The van der Waals surface area contributed by atoms with E-state index >= 15 is 0 Å². The van der Waals surface area contributed by atoms with Gasteiger partial charge in [0.25, 0.3) is 0 Å². The van der Waals surface area contributed by atoms with Crippen LogP contribution in [0.15, 0.2) is 47.4 Å². The molecule has 0 saturated heterocycles. The number of nitrogens with one attached hydrogen (secondary N) is 1. The summed E-state index contributed by atoms with van der Waals surface area (Å²) >= 11 is 0. The molecule has 0 radical (unpaired) electrons.